The molecule has 2 aromatic carbocycles. The zero-order chi connectivity index (χ0) is 18.0. The van der Waals surface area contributed by atoms with Crippen LogP contribution in [0.1, 0.15) is 16.8 Å². The fourth-order valence-electron chi connectivity index (χ4n) is 2.96. The Morgan fingerprint density at radius 1 is 0.920 bits per heavy atom. The highest BCUT2D eigenvalue weighted by molar-refractivity contribution is 5.91. The van der Waals surface area contributed by atoms with E-state index in [0.717, 1.165) is 39.3 Å². The lowest BCUT2D eigenvalue weighted by molar-refractivity contribution is 0.415. The molecule has 0 aliphatic carbocycles. The number of benzene rings is 2. The molecule has 0 radical (unpaired) electrons. The highest BCUT2D eigenvalue weighted by Gasteiger charge is 2.19. The molecule has 4 heteroatoms. The Morgan fingerprint density at radius 2 is 1.48 bits per heavy atom. The van der Waals surface area contributed by atoms with E-state index in [1.165, 1.54) is 0 Å². The molecule has 0 unspecified atom stereocenters. The van der Waals surface area contributed by atoms with E-state index in [0.29, 0.717) is 5.56 Å². The fraction of sp³-hybridized carbons (Fsp3) is 0.143. The molecule has 0 saturated carbocycles. The van der Waals surface area contributed by atoms with Crippen molar-refractivity contribution in [1.82, 2.24) is 4.98 Å². The molecule has 1 heterocycles. The van der Waals surface area contributed by atoms with Crippen molar-refractivity contribution in [2.75, 3.05) is 12.8 Å². The van der Waals surface area contributed by atoms with Gasteiger partial charge in [-0.25, -0.2) is 4.98 Å². The minimum Gasteiger partial charge on any atom is -0.497 e. The first kappa shape index (κ1) is 16.5. The van der Waals surface area contributed by atoms with E-state index in [1.807, 2.05) is 62.4 Å². The van der Waals surface area contributed by atoms with Gasteiger partial charge in [0.1, 0.15) is 23.2 Å². The fourth-order valence-corrected chi connectivity index (χ4v) is 2.96. The molecule has 25 heavy (non-hydrogen) atoms. The predicted molar refractivity (Wildman–Crippen MR) is 100 cm³/mol. The number of aryl methyl sites for hydroxylation is 2. The summed E-state index contributed by atoms with van der Waals surface area (Å²) in [6.45, 7) is 3.94. The normalized spacial score (nSPS) is 10.3. The Labute approximate surface area is 147 Å². The lowest BCUT2D eigenvalue weighted by Crippen LogP contribution is -2.03. The molecule has 0 spiro atoms. The number of ether oxygens (including phenoxy) is 1. The van der Waals surface area contributed by atoms with Gasteiger partial charge in [-0.15, -0.1) is 0 Å². The maximum Gasteiger partial charge on any atom is 0.142 e. The van der Waals surface area contributed by atoms with E-state index in [4.69, 9.17) is 10.5 Å². The number of rotatable bonds is 3. The van der Waals surface area contributed by atoms with Gasteiger partial charge in [0.05, 0.1) is 7.11 Å². The molecule has 0 fully saturated rings. The molecule has 3 rings (SSSR count). The van der Waals surface area contributed by atoms with E-state index in [1.54, 1.807) is 7.11 Å². The van der Waals surface area contributed by atoms with Gasteiger partial charge in [0, 0.05) is 16.8 Å². The Hall–Kier alpha value is -3.32. The van der Waals surface area contributed by atoms with Crippen LogP contribution in [0, 0.1) is 25.2 Å². The topological polar surface area (TPSA) is 71.9 Å². The van der Waals surface area contributed by atoms with Crippen LogP contribution in [0.2, 0.25) is 0 Å². The monoisotopic (exact) mass is 329 g/mol. The number of anilines is 1. The van der Waals surface area contributed by atoms with Crippen molar-refractivity contribution in [1.29, 1.82) is 5.26 Å². The van der Waals surface area contributed by atoms with Gasteiger partial charge < -0.3 is 10.5 Å². The lowest BCUT2D eigenvalue weighted by atomic mass is 9.90. The largest absolute Gasteiger partial charge is 0.497 e. The standard InChI is InChI=1S/C21H19N3O/c1-13-4-6-16(7-5-13)20-18(12-22)21(23)24-14(2)19(20)15-8-10-17(25-3)11-9-15/h4-11H,1-3H3,(H2,23,24). The summed E-state index contributed by atoms with van der Waals surface area (Å²) >= 11 is 0. The summed E-state index contributed by atoms with van der Waals surface area (Å²) < 4.78 is 5.24. The highest BCUT2D eigenvalue weighted by Crippen LogP contribution is 2.39. The average Bonchev–Trinajstić information content (AvgIpc) is 2.62. The molecule has 0 aliphatic rings. The first-order valence-corrected chi connectivity index (χ1v) is 7.96. The number of nitrogens with two attached hydrogens (primary N) is 1. The number of methoxy groups -OCH3 is 1. The second-order valence-electron chi connectivity index (χ2n) is 5.91. The maximum absolute atomic E-state index is 9.67. The Kier molecular flexibility index (Phi) is 4.40. The third-order valence-corrected chi connectivity index (χ3v) is 4.24. The SMILES string of the molecule is COc1ccc(-c2c(C)nc(N)c(C#N)c2-c2ccc(C)cc2)cc1. The maximum atomic E-state index is 9.67. The summed E-state index contributed by atoms with van der Waals surface area (Å²) in [5.74, 6) is 1.04. The molecule has 4 nitrogen and oxygen atoms in total. The van der Waals surface area contributed by atoms with Crippen molar-refractivity contribution in [2.24, 2.45) is 0 Å². The average molecular weight is 329 g/mol. The Bertz CT molecular complexity index is 952. The Balaban J connectivity index is 2.33. The van der Waals surface area contributed by atoms with E-state index in [2.05, 4.69) is 11.1 Å². The molecule has 2 N–H and O–H groups in total. The third kappa shape index (κ3) is 3.05. The number of pyridine rings is 1. The van der Waals surface area contributed by atoms with E-state index in [-0.39, 0.29) is 5.82 Å². The van der Waals surface area contributed by atoms with E-state index >= 15 is 0 Å². The van der Waals surface area contributed by atoms with Crippen LogP contribution in [0.15, 0.2) is 48.5 Å². The number of aromatic nitrogens is 1. The number of nitrogen functional groups attached to an aromatic ring is 1. The minimum atomic E-state index is 0.257. The van der Waals surface area contributed by atoms with Crippen LogP contribution < -0.4 is 10.5 Å². The summed E-state index contributed by atoms with van der Waals surface area (Å²) in [5.41, 5.74) is 12.0. The lowest BCUT2D eigenvalue weighted by Gasteiger charge is -2.16. The van der Waals surface area contributed by atoms with Crippen molar-refractivity contribution >= 4 is 5.82 Å². The smallest absolute Gasteiger partial charge is 0.142 e. The molecule has 0 atom stereocenters. The van der Waals surface area contributed by atoms with Gasteiger partial charge in [0.2, 0.25) is 0 Å². The third-order valence-electron chi connectivity index (χ3n) is 4.24. The molecule has 3 aromatic rings. The van der Waals surface area contributed by atoms with Gasteiger partial charge in [0.15, 0.2) is 0 Å². The predicted octanol–water partition coefficient (Wildman–Crippen LogP) is 4.49. The van der Waals surface area contributed by atoms with Crippen LogP contribution in [-0.2, 0) is 0 Å². The number of nitrogens with zero attached hydrogens (tertiary/aromatic N) is 2. The zero-order valence-electron chi connectivity index (χ0n) is 14.5. The molecule has 0 saturated heterocycles. The van der Waals surface area contributed by atoms with Gasteiger partial charge in [-0.3, -0.25) is 0 Å². The van der Waals surface area contributed by atoms with Gasteiger partial charge in [-0.05, 0) is 37.1 Å². The zero-order valence-corrected chi connectivity index (χ0v) is 14.5. The summed E-state index contributed by atoms with van der Waals surface area (Å²) in [7, 11) is 1.64. The van der Waals surface area contributed by atoms with Crippen LogP contribution >= 0.6 is 0 Å². The molecule has 0 amide bonds. The van der Waals surface area contributed by atoms with Crippen molar-refractivity contribution in [3.63, 3.8) is 0 Å². The summed E-state index contributed by atoms with van der Waals surface area (Å²) in [4.78, 5) is 4.39. The Morgan fingerprint density at radius 3 is 2.04 bits per heavy atom. The van der Waals surface area contributed by atoms with E-state index < -0.39 is 0 Å². The van der Waals surface area contributed by atoms with Crippen molar-refractivity contribution in [3.05, 3.63) is 65.4 Å². The summed E-state index contributed by atoms with van der Waals surface area (Å²) in [6, 6.07) is 18.0. The van der Waals surface area contributed by atoms with Gasteiger partial charge in [-0.1, -0.05) is 42.0 Å². The first-order valence-electron chi connectivity index (χ1n) is 7.96. The number of hydrogen-bond acceptors (Lipinski definition) is 4. The number of nitriles is 1. The summed E-state index contributed by atoms with van der Waals surface area (Å²) in [5, 5.41) is 9.67. The minimum absolute atomic E-state index is 0.257. The van der Waals surface area contributed by atoms with Crippen LogP contribution in [0.25, 0.3) is 22.3 Å². The molecular formula is C21H19N3O. The highest BCUT2D eigenvalue weighted by atomic mass is 16.5. The molecule has 1 aromatic heterocycles. The second kappa shape index (κ2) is 6.66. The molecule has 0 bridgehead atoms. The number of hydrogen-bond donors (Lipinski definition) is 1. The van der Waals surface area contributed by atoms with Crippen molar-refractivity contribution in [2.45, 2.75) is 13.8 Å². The van der Waals surface area contributed by atoms with Gasteiger partial charge >= 0.3 is 0 Å². The quantitative estimate of drug-likeness (QED) is 0.768. The molecular weight excluding hydrogens is 310 g/mol. The van der Waals surface area contributed by atoms with Gasteiger partial charge in [0.25, 0.3) is 0 Å². The van der Waals surface area contributed by atoms with Crippen molar-refractivity contribution in [3.8, 4) is 34.1 Å². The van der Waals surface area contributed by atoms with Crippen LogP contribution in [0.4, 0.5) is 5.82 Å². The summed E-state index contributed by atoms with van der Waals surface area (Å²) in [6.07, 6.45) is 0. The van der Waals surface area contributed by atoms with Crippen LogP contribution in [0.3, 0.4) is 0 Å². The van der Waals surface area contributed by atoms with Gasteiger partial charge in [-0.2, -0.15) is 5.26 Å². The van der Waals surface area contributed by atoms with E-state index in [9.17, 15) is 5.26 Å². The molecule has 0 aliphatic heterocycles. The molecule has 124 valence electrons. The first-order chi connectivity index (χ1) is 12.0. The second-order valence-corrected chi connectivity index (χ2v) is 5.91. The van der Waals surface area contributed by atoms with Crippen LogP contribution in [0.5, 0.6) is 5.75 Å². The van der Waals surface area contributed by atoms with Crippen molar-refractivity contribution < 1.29 is 4.74 Å². The van der Waals surface area contributed by atoms with Crippen LogP contribution in [-0.4, -0.2) is 12.1 Å².